The highest BCUT2D eigenvalue weighted by Gasteiger charge is 2.21. The van der Waals surface area contributed by atoms with Crippen LogP contribution in [0, 0.1) is 0 Å². The molecule has 1 N–H and O–H groups in total. The summed E-state index contributed by atoms with van der Waals surface area (Å²) >= 11 is 0. The van der Waals surface area contributed by atoms with Gasteiger partial charge in [-0.1, -0.05) is 0 Å². The van der Waals surface area contributed by atoms with E-state index in [1.807, 2.05) is 0 Å². The summed E-state index contributed by atoms with van der Waals surface area (Å²) in [5, 5.41) is 8.57. The summed E-state index contributed by atoms with van der Waals surface area (Å²) in [6.07, 6.45) is 2.34. The van der Waals surface area contributed by atoms with E-state index in [-0.39, 0.29) is 18.7 Å². The third-order valence-electron chi connectivity index (χ3n) is 4.08. The first kappa shape index (κ1) is 16.9. The van der Waals surface area contributed by atoms with Crippen molar-refractivity contribution < 1.29 is 14.7 Å². The first-order chi connectivity index (χ1) is 9.40. The van der Waals surface area contributed by atoms with Crippen molar-refractivity contribution in [1.29, 1.82) is 0 Å². The zero-order valence-electron chi connectivity index (χ0n) is 12.8. The molecule has 20 heavy (non-hydrogen) atoms. The van der Waals surface area contributed by atoms with Gasteiger partial charge in [-0.25, -0.2) is 0 Å². The van der Waals surface area contributed by atoms with E-state index >= 15 is 0 Å². The van der Waals surface area contributed by atoms with Crippen LogP contribution in [0.1, 0.15) is 25.7 Å². The molecule has 0 bridgehead atoms. The number of carbonyl (C=O) groups is 2. The third-order valence-corrected chi connectivity index (χ3v) is 4.08. The molecule has 1 fully saturated rings. The zero-order chi connectivity index (χ0) is 15.1. The van der Waals surface area contributed by atoms with Crippen LogP contribution in [0.3, 0.4) is 0 Å². The number of carboxylic acids is 1. The molecule has 0 aromatic rings. The van der Waals surface area contributed by atoms with Gasteiger partial charge in [-0.2, -0.15) is 0 Å². The van der Waals surface area contributed by atoms with E-state index in [9.17, 15) is 9.59 Å². The number of nitrogens with zero attached hydrogens (tertiary/aromatic N) is 3. The molecule has 6 nitrogen and oxygen atoms in total. The predicted octanol–water partition coefficient (Wildman–Crippen LogP) is 0.336. The highest BCUT2D eigenvalue weighted by Crippen LogP contribution is 2.13. The molecule has 0 aliphatic carbocycles. The van der Waals surface area contributed by atoms with Crippen LogP contribution in [-0.2, 0) is 9.59 Å². The van der Waals surface area contributed by atoms with Crippen molar-refractivity contribution in [1.82, 2.24) is 14.7 Å². The number of amides is 1. The largest absolute Gasteiger partial charge is 0.481 e. The number of carbonyl (C=O) groups excluding carboxylic acids is 1. The molecule has 1 rings (SSSR count). The second-order valence-corrected chi connectivity index (χ2v) is 5.72. The van der Waals surface area contributed by atoms with Crippen LogP contribution in [0.5, 0.6) is 0 Å². The van der Waals surface area contributed by atoms with Gasteiger partial charge >= 0.3 is 5.97 Å². The Bertz CT molecular complexity index is 328. The fourth-order valence-corrected chi connectivity index (χ4v) is 2.46. The fourth-order valence-electron chi connectivity index (χ4n) is 2.46. The van der Waals surface area contributed by atoms with Gasteiger partial charge in [0.2, 0.25) is 5.91 Å². The molecule has 0 unspecified atom stereocenters. The first-order valence-electron chi connectivity index (χ1n) is 7.24. The summed E-state index contributed by atoms with van der Waals surface area (Å²) in [7, 11) is 5.99. The zero-order valence-corrected chi connectivity index (χ0v) is 12.8. The topological polar surface area (TPSA) is 64.1 Å². The van der Waals surface area contributed by atoms with Gasteiger partial charge in [0.1, 0.15) is 0 Å². The number of piperidine rings is 1. The van der Waals surface area contributed by atoms with Gasteiger partial charge in [-0.3, -0.25) is 9.59 Å². The van der Waals surface area contributed by atoms with Gasteiger partial charge in [0.15, 0.2) is 0 Å². The van der Waals surface area contributed by atoms with Crippen molar-refractivity contribution in [3.8, 4) is 0 Å². The monoisotopic (exact) mass is 285 g/mol. The maximum Gasteiger partial charge on any atom is 0.303 e. The van der Waals surface area contributed by atoms with Crippen LogP contribution in [0.25, 0.3) is 0 Å². The SMILES string of the molecule is CN1CCC(N(C)CCN(C)C(=O)CCC(=O)O)CC1. The molecule has 0 spiro atoms. The quantitative estimate of drug-likeness (QED) is 0.730. The normalized spacial score (nSPS) is 17.4. The number of carboxylic acid groups (broad SMARTS) is 1. The van der Waals surface area contributed by atoms with Crippen LogP contribution >= 0.6 is 0 Å². The molecule has 0 radical (unpaired) electrons. The molecule has 1 amide bonds. The molecule has 6 heteroatoms. The number of rotatable bonds is 7. The smallest absolute Gasteiger partial charge is 0.303 e. The third kappa shape index (κ3) is 5.88. The van der Waals surface area contributed by atoms with Crippen molar-refractivity contribution in [2.45, 2.75) is 31.7 Å². The molecule has 1 saturated heterocycles. The summed E-state index contributed by atoms with van der Waals surface area (Å²) < 4.78 is 0. The average Bonchev–Trinajstić information content (AvgIpc) is 2.42. The van der Waals surface area contributed by atoms with E-state index in [0.29, 0.717) is 12.6 Å². The second-order valence-electron chi connectivity index (χ2n) is 5.72. The van der Waals surface area contributed by atoms with E-state index in [1.165, 1.54) is 12.8 Å². The van der Waals surface area contributed by atoms with E-state index in [2.05, 4.69) is 23.9 Å². The van der Waals surface area contributed by atoms with Crippen molar-refractivity contribution >= 4 is 11.9 Å². The maximum absolute atomic E-state index is 11.7. The summed E-state index contributed by atoms with van der Waals surface area (Å²) in [5.41, 5.74) is 0. The minimum Gasteiger partial charge on any atom is -0.481 e. The van der Waals surface area contributed by atoms with E-state index in [1.54, 1.807) is 11.9 Å². The van der Waals surface area contributed by atoms with Gasteiger partial charge in [-0.05, 0) is 40.0 Å². The summed E-state index contributed by atoms with van der Waals surface area (Å²) in [6.45, 7) is 3.75. The lowest BCUT2D eigenvalue weighted by Crippen LogP contribution is -2.44. The lowest BCUT2D eigenvalue weighted by molar-refractivity contribution is -0.140. The van der Waals surface area contributed by atoms with Crippen molar-refractivity contribution in [3.63, 3.8) is 0 Å². The van der Waals surface area contributed by atoms with Crippen LogP contribution < -0.4 is 0 Å². The van der Waals surface area contributed by atoms with Gasteiger partial charge in [0.25, 0.3) is 0 Å². The molecule has 1 aliphatic rings. The molecular formula is C14H27N3O3. The Balaban J connectivity index is 2.24. The highest BCUT2D eigenvalue weighted by molar-refractivity contribution is 5.80. The molecule has 0 atom stereocenters. The highest BCUT2D eigenvalue weighted by atomic mass is 16.4. The molecule has 1 aliphatic heterocycles. The van der Waals surface area contributed by atoms with E-state index < -0.39 is 5.97 Å². The Morgan fingerprint density at radius 3 is 2.30 bits per heavy atom. The Morgan fingerprint density at radius 1 is 1.15 bits per heavy atom. The number of hydrogen-bond donors (Lipinski definition) is 1. The van der Waals surface area contributed by atoms with Crippen molar-refractivity contribution in [2.75, 3.05) is 47.3 Å². The Labute approximate surface area is 121 Å². The Morgan fingerprint density at radius 2 is 1.75 bits per heavy atom. The lowest BCUT2D eigenvalue weighted by atomic mass is 10.0. The maximum atomic E-state index is 11.7. The van der Waals surface area contributed by atoms with Gasteiger partial charge in [0.05, 0.1) is 6.42 Å². The van der Waals surface area contributed by atoms with Gasteiger partial charge < -0.3 is 19.8 Å². The average molecular weight is 285 g/mol. The van der Waals surface area contributed by atoms with Gasteiger partial charge in [0, 0.05) is 32.6 Å². The summed E-state index contributed by atoms with van der Waals surface area (Å²) in [5.74, 6) is -1.01. The Hall–Kier alpha value is -1.14. The van der Waals surface area contributed by atoms with Crippen LogP contribution in [0.15, 0.2) is 0 Å². The summed E-state index contributed by atoms with van der Waals surface area (Å²) in [4.78, 5) is 28.4. The fraction of sp³-hybridized carbons (Fsp3) is 0.857. The minimum absolute atomic E-state index is 0.0871. The molecule has 0 aromatic carbocycles. The number of likely N-dealkylation sites (tertiary alicyclic amines) is 1. The van der Waals surface area contributed by atoms with Gasteiger partial charge in [-0.15, -0.1) is 0 Å². The Kier molecular flexibility index (Phi) is 6.95. The predicted molar refractivity (Wildman–Crippen MR) is 77.7 cm³/mol. The minimum atomic E-state index is -0.921. The number of aliphatic carboxylic acids is 1. The molecule has 0 aromatic heterocycles. The van der Waals surface area contributed by atoms with E-state index in [0.717, 1.165) is 19.6 Å². The van der Waals surface area contributed by atoms with Crippen molar-refractivity contribution in [3.05, 3.63) is 0 Å². The molecule has 0 saturated carbocycles. The lowest BCUT2D eigenvalue weighted by Gasteiger charge is -2.35. The van der Waals surface area contributed by atoms with E-state index in [4.69, 9.17) is 5.11 Å². The molecule has 1 heterocycles. The number of likely N-dealkylation sites (N-methyl/N-ethyl adjacent to an activating group) is 2. The van der Waals surface area contributed by atoms with Crippen molar-refractivity contribution in [2.24, 2.45) is 0 Å². The van der Waals surface area contributed by atoms with Crippen LogP contribution in [-0.4, -0.2) is 85.0 Å². The standard InChI is InChI=1S/C14H27N3O3/c1-15-8-6-12(7-9-15)16(2)10-11-17(3)13(18)4-5-14(19)20/h12H,4-11H2,1-3H3,(H,19,20). The van der Waals surface area contributed by atoms with Crippen LogP contribution in [0.2, 0.25) is 0 Å². The second kappa shape index (κ2) is 8.21. The first-order valence-corrected chi connectivity index (χ1v) is 7.24. The molecular weight excluding hydrogens is 258 g/mol. The number of hydrogen-bond acceptors (Lipinski definition) is 4. The summed E-state index contributed by atoms with van der Waals surface area (Å²) in [6, 6.07) is 0.591. The molecule has 116 valence electrons. The van der Waals surface area contributed by atoms with Crippen LogP contribution in [0.4, 0.5) is 0 Å².